The summed E-state index contributed by atoms with van der Waals surface area (Å²) in [5, 5.41) is 3.65. The number of hydrogen-bond donors (Lipinski definition) is 1. The topological polar surface area (TPSA) is 24.5 Å². The van der Waals surface area contributed by atoms with E-state index < -0.39 is 0 Å². The number of nitrogens with one attached hydrogen (secondary N) is 1. The van der Waals surface area contributed by atoms with Crippen LogP contribution in [0.5, 0.6) is 5.75 Å². The highest BCUT2D eigenvalue weighted by atomic mass is 19.1. The molecular weight excluding hydrogens is 267 g/mol. The molecule has 0 aromatic heterocycles. The third kappa shape index (κ3) is 3.06. The van der Waals surface area contributed by atoms with Crippen molar-refractivity contribution in [3.05, 3.63) is 29.6 Å². The van der Waals surface area contributed by atoms with Crippen LogP contribution in [0.2, 0.25) is 0 Å². The Hall–Kier alpha value is -1.13. The Morgan fingerprint density at radius 1 is 1.29 bits per heavy atom. The maximum absolute atomic E-state index is 13.3. The lowest BCUT2D eigenvalue weighted by Crippen LogP contribution is -2.43. The fourth-order valence-corrected chi connectivity index (χ4v) is 3.61. The van der Waals surface area contributed by atoms with Gasteiger partial charge in [0.15, 0.2) is 0 Å². The highest BCUT2D eigenvalue weighted by Gasteiger charge is 2.32. The third-order valence-electron chi connectivity index (χ3n) is 4.92. The second kappa shape index (κ2) is 5.58. The van der Waals surface area contributed by atoms with Gasteiger partial charge in [-0.05, 0) is 50.4 Å². The van der Waals surface area contributed by atoms with E-state index in [2.05, 4.69) is 10.2 Å². The number of fused-ring (bicyclic) bond motifs is 1. The molecule has 0 radical (unpaired) electrons. The van der Waals surface area contributed by atoms with Gasteiger partial charge in [0.1, 0.15) is 17.7 Å². The number of halogens is 1. The Balaban J connectivity index is 1.33. The second-order valence-electron chi connectivity index (χ2n) is 6.67. The molecule has 3 aliphatic rings. The maximum atomic E-state index is 13.3. The van der Waals surface area contributed by atoms with Crippen LogP contribution in [0.25, 0.3) is 0 Å². The average Bonchev–Trinajstić information content (AvgIpc) is 3.06. The number of hydrogen-bond acceptors (Lipinski definition) is 3. The minimum absolute atomic E-state index is 0.161. The zero-order valence-corrected chi connectivity index (χ0v) is 12.4. The van der Waals surface area contributed by atoms with Gasteiger partial charge in [0, 0.05) is 37.2 Å². The molecular formula is C17H23FN2O. The van der Waals surface area contributed by atoms with Crippen LogP contribution in [0.4, 0.5) is 4.39 Å². The van der Waals surface area contributed by atoms with E-state index in [0.717, 1.165) is 36.9 Å². The standard InChI is InChI=1S/C17H23FN2O/c18-13-3-6-17-12(8-13)9-16(21-17)11-20-7-1-2-15(20)10-19-14-4-5-14/h3,6,8,14-16,19H,1-2,4-5,7,9-11H2. The predicted octanol–water partition coefficient (Wildman–Crippen LogP) is 2.35. The van der Waals surface area contributed by atoms with Crippen LogP contribution in [0.1, 0.15) is 31.2 Å². The minimum Gasteiger partial charge on any atom is -0.488 e. The quantitative estimate of drug-likeness (QED) is 0.901. The van der Waals surface area contributed by atoms with Crippen LogP contribution < -0.4 is 10.1 Å². The summed E-state index contributed by atoms with van der Waals surface area (Å²) in [6.45, 7) is 3.24. The van der Waals surface area contributed by atoms with E-state index in [1.807, 2.05) is 0 Å². The first-order valence-electron chi connectivity index (χ1n) is 8.20. The Kier molecular flexibility index (Phi) is 3.59. The first-order chi connectivity index (χ1) is 10.3. The molecule has 3 nitrogen and oxygen atoms in total. The summed E-state index contributed by atoms with van der Waals surface area (Å²) in [4.78, 5) is 2.56. The Bertz CT molecular complexity index is 518. The van der Waals surface area contributed by atoms with Gasteiger partial charge in [-0.3, -0.25) is 4.90 Å². The third-order valence-corrected chi connectivity index (χ3v) is 4.92. The molecule has 2 aliphatic heterocycles. The van der Waals surface area contributed by atoms with Crippen LogP contribution >= 0.6 is 0 Å². The summed E-state index contributed by atoms with van der Waals surface area (Å²) in [7, 11) is 0. The summed E-state index contributed by atoms with van der Waals surface area (Å²) >= 11 is 0. The van der Waals surface area contributed by atoms with Crippen molar-refractivity contribution in [3.63, 3.8) is 0 Å². The van der Waals surface area contributed by atoms with E-state index in [-0.39, 0.29) is 11.9 Å². The molecule has 4 rings (SSSR count). The highest BCUT2D eigenvalue weighted by Crippen LogP contribution is 2.30. The molecule has 2 unspecified atom stereocenters. The monoisotopic (exact) mass is 290 g/mol. The van der Waals surface area contributed by atoms with Crippen molar-refractivity contribution in [3.8, 4) is 5.75 Å². The summed E-state index contributed by atoms with van der Waals surface area (Å²) in [5.41, 5.74) is 1.02. The lowest BCUT2D eigenvalue weighted by atomic mass is 10.1. The van der Waals surface area contributed by atoms with Crippen molar-refractivity contribution < 1.29 is 9.13 Å². The van der Waals surface area contributed by atoms with Gasteiger partial charge >= 0.3 is 0 Å². The number of rotatable bonds is 5. The van der Waals surface area contributed by atoms with E-state index >= 15 is 0 Å². The zero-order chi connectivity index (χ0) is 14.2. The summed E-state index contributed by atoms with van der Waals surface area (Å²) < 4.78 is 19.2. The van der Waals surface area contributed by atoms with Crippen molar-refractivity contribution in [2.75, 3.05) is 19.6 Å². The van der Waals surface area contributed by atoms with Gasteiger partial charge in [-0.1, -0.05) is 0 Å². The number of likely N-dealkylation sites (tertiary alicyclic amines) is 1. The van der Waals surface area contributed by atoms with E-state index in [0.29, 0.717) is 6.04 Å². The summed E-state index contributed by atoms with van der Waals surface area (Å²) in [6.07, 6.45) is 6.29. The molecule has 0 spiro atoms. The molecule has 2 heterocycles. The largest absolute Gasteiger partial charge is 0.488 e. The molecule has 2 fully saturated rings. The molecule has 21 heavy (non-hydrogen) atoms. The van der Waals surface area contributed by atoms with Gasteiger partial charge in [-0.15, -0.1) is 0 Å². The normalized spacial score (nSPS) is 28.6. The molecule has 0 bridgehead atoms. The SMILES string of the molecule is Fc1ccc2c(c1)CC(CN1CCCC1CNC1CC1)O2. The molecule has 4 heteroatoms. The molecule has 1 N–H and O–H groups in total. The highest BCUT2D eigenvalue weighted by molar-refractivity contribution is 5.38. The maximum Gasteiger partial charge on any atom is 0.123 e. The van der Waals surface area contributed by atoms with Crippen LogP contribution in [0.15, 0.2) is 18.2 Å². The minimum atomic E-state index is -0.161. The number of benzene rings is 1. The molecule has 1 aliphatic carbocycles. The molecule has 2 atom stereocenters. The lowest BCUT2D eigenvalue weighted by Gasteiger charge is -2.27. The van der Waals surface area contributed by atoms with Crippen molar-refractivity contribution in [1.82, 2.24) is 10.2 Å². The number of ether oxygens (including phenoxy) is 1. The average molecular weight is 290 g/mol. The first-order valence-corrected chi connectivity index (χ1v) is 8.20. The van der Waals surface area contributed by atoms with Crippen LogP contribution in [-0.4, -0.2) is 42.7 Å². The second-order valence-corrected chi connectivity index (χ2v) is 6.67. The summed E-state index contributed by atoms with van der Waals surface area (Å²) in [6, 6.07) is 6.29. The van der Waals surface area contributed by atoms with Crippen molar-refractivity contribution >= 4 is 0 Å². The van der Waals surface area contributed by atoms with Crippen molar-refractivity contribution in [2.24, 2.45) is 0 Å². The summed E-state index contributed by atoms with van der Waals surface area (Å²) in [5.74, 6) is 0.707. The van der Waals surface area contributed by atoms with Crippen LogP contribution in [0.3, 0.4) is 0 Å². The van der Waals surface area contributed by atoms with Gasteiger partial charge in [0.2, 0.25) is 0 Å². The lowest BCUT2D eigenvalue weighted by molar-refractivity contribution is 0.140. The van der Waals surface area contributed by atoms with Gasteiger partial charge in [0.25, 0.3) is 0 Å². The predicted molar refractivity (Wildman–Crippen MR) is 80.1 cm³/mol. The molecule has 114 valence electrons. The number of nitrogens with zero attached hydrogens (tertiary/aromatic N) is 1. The van der Waals surface area contributed by atoms with E-state index in [4.69, 9.17) is 4.74 Å². The zero-order valence-electron chi connectivity index (χ0n) is 12.4. The fraction of sp³-hybridized carbons (Fsp3) is 0.647. The van der Waals surface area contributed by atoms with E-state index in [1.54, 1.807) is 12.1 Å². The molecule has 1 saturated heterocycles. The van der Waals surface area contributed by atoms with Crippen LogP contribution in [-0.2, 0) is 6.42 Å². The van der Waals surface area contributed by atoms with Gasteiger partial charge in [-0.2, -0.15) is 0 Å². The Labute approximate surface area is 125 Å². The smallest absolute Gasteiger partial charge is 0.123 e. The van der Waals surface area contributed by atoms with Gasteiger partial charge in [0.05, 0.1) is 0 Å². The van der Waals surface area contributed by atoms with Gasteiger partial charge < -0.3 is 10.1 Å². The van der Waals surface area contributed by atoms with Crippen molar-refractivity contribution in [1.29, 1.82) is 0 Å². The van der Waals surface area contributed by atoms with E-state index in [1.165, 1.54) is 38.3 Å². The molecule has 1 saturated carbocycles. The van der Waals surface area contributed by atoms with Gasteiger partial charge in [-0.25, -0.2) is 4.39 Å². The van der Waals surface area contributed by atoms with Crippen molar-refractivity contribution in [2.45, 2.75) is 50.3 Å². The Morgan fingerprint density at radius 3 is 3.05 bits per heavy atom. The Morgan fingerprint density at radius 2 is 2.19 bits per heavy atom. The van der Waals surface area contributed by atoms with Crippen LogP contribution in [0, 0.1) is 5.82 Å². The molecule has 1 aromatic carbocycles. The molecule has 0 amide bonds. The fourth-order valence-electron chi connectivity index (χ4n) is 3.61. The molecule has 1 aromatic rings. The first kappa shape index (κ1) is 13.5. The van der Waals surface area contributed by atoms with E-state index in [9.17, 15) is 4.39 Å².